The van der Waals surface area contributed by atoms with Crippen molar-refractivity contribution in [2.45, 2.75) is 39.5 Å². The first-order chi connectivity index (χ1) is 13.0. The highest BCUT2D eigenvalue weighted by atomic mass is 32.2. The van der Waals surface area contributed by atoms with Gasteiger partial charge in [0.25, 0.3) is 0 Å². The Morgan fingerprint density at radius 1 is 0.857 bits per heavy atom. The summed E-state index contributed by atoms with van der Waals surface area (Å²) in [5.74, 6) is -1.15. The van der Waals surface area contributed by atoms with Crippen LogP contribution in [-0.2, 0) is 19.6 Å². The van der Waals surface area contributed by atoms with Crippen LogP contribution in [0.1, 0.15) is 38.2 Å². The van der Waals surface area contributed by atoms with E-state index in [1.165, 1.54) is 12.1 Å². The third kappa shape index (κ3) is 5.27. The highest BCUT2D eigenvalue weighted by Crippen LogP contribution is 2.16. The Labute approximate surface area is 166 Å². The van der Waals surface area contributed by atoms with Gasteiger partial charge in [-0.05, 0) is 80.6 Å². The zero-order valence-corrected chi connectivity index (χ0v) is 17.6. The first kappa shape index (κ1) is 21.8. The molecule has 2 aromatic rings. The number of rotatable bonds is 7. The Morgan fingerprint density at radius 2 is 1.46 bits per heavy atom. The van der Waals surface area contributed by atoms with Crippen LogP contribution in [0.3, 0.4) is 0 Å². The predicted molar refractivity (Wildman–Crippen MR) is 107 cm³/mol. The van der Waals surface area contributed by atoms with Gasteiger partial charge in [0.05, 0.1) is 4.90 Å². The smallest absolute Gasteiger partial charge is 0.321 e. The number of sulfonamides is 1. The Kier molecular flexibility index (Phi) is 6.74. The number of Topliss-reactive ketones (excluding diaryl/α,β-unsaturated/α-hetero) is 1. The Morgan fingerprint density at radius 3 is 2.11 bits per heavy atom. The normalized spacial score (nSPS) is 11.3. The van der Waals surface area contributed by atoms with Crippen molar-refractivity contribution in [3.05, 3.63) is 63.7 Å². The van der Waals surface area contributed by atoms with Gasteiger partial charge in [0.1, 0.15) is 6.54 Å². The van der Waals surface area contributed by atoms with Crippen LogP contribution in [0.15, 0.2) is 35.2 Å². The predicted octanol–water partition coefficient (Wildman–Crippen LogP) is 2.93. The fourth-order valence-electron chi connectivity index (χ4n) is 2.65. The number of nitrogens with one attached hydrogen (secondary N) is 1. The van der Waals surface area contributed by atoms with Crippen molar-refractivity contribution >= 4 is 21.8 Å². The molecular weight excluding hydrogens is 378 g/mol. The van der Waals surface area contributed by atoms with Crippen LogP contribution >= 0.6 is 0 Å². The van der Waals surface area contributed by atoms with Gasteiger partial charge in [0, 0.05) is 5.56 Å². The molecule has 7 heteroatoms. The maximum atomic E-state index is 12.3. The number of carbonyl (C=O) groups excluding carboxylic acids is 2. The molecule has 0 bridgehead atoms. The van der Waals surface area contributed by atoms with E-state index in [4.69, 9.17) is 4.74 Å². The average molecular weight is 404 g/mol. The number of ketones is 1. The van der Waals surface area contributed by atoms with Crippen molar-refractivity contribution in [2.75, 3.05) is 13.2 Å². The quantitative estimate of drug-likeness (QED) is 0.567. The van der Waals surface area contributed by atoms with E-state index in [2.05, 4.69) is 4.72 Å². The molecule has 150 valence electrons. The van der Waals surface area contributed by atoms with Gasteiger partial charge in [-0.25, -0.2) is 8.42 Å². The summed E-state index contributed by atoms with van der Waals surface area (Å²) in [6, 6.07) is 8.38. The molecule has 0 aromatic heterocycles. The fraction of sp³-hybridized carbons (Fsp3) is 0.333. The second kappa shape index (κ2) is 8.67. The van der Waals surface area contributed by atoms with E-state index in [9.17, 15) is 18.0 Å². The van der Waals surface area contributed by atoms with Crippen molar-refractivity contribution in [1.29, 1.82) is 0 Å². The zero-order chi connectivity index (χ0) is 21.1. The van der Waals surface area contributed by atoms with E-state index >= 15 is 0 Å². The number of benzene rings is 2. The van der Waals surface area contributed by atoms with E-state index in [0.29, 0.717) is 5.56 Å². The first-order valence-corrected chi connectivity index (χ1v) is 10.3. The molecule has 0 aliphatic rings. The summed E-state index contributed by atoms with van der Waals surface area (Å²) in [5.41, 5.74) is 5.15. The molecule has 1 N–H and O–H groups in total. The standard InChI is InChI=1S/C21H25NO5S/c1-13-6-7-18(9-15(13)3)28(25,26)22-11-21(24)27-12-20(23)19-10-16(4)14(2)8-17(19)5/h6-10,22H,11-12H2,1-5H3. The summed E-state index contributed by atoms with van der Waals surface area (Å²) in [7, 11) is -3.84. The Hall–Kier alpha value is -2.51. The molecule has 0 aliphatic heterocycles. The fourth-order valence-corrected chi connectivity index (χ4v) is 3.71. The van der Waals surface area contributed by atoms with Crippen molar-refractivity contribution in [3.63, 3.8) is 0 Å². The minimum Gasteiger partial charge on any atom is -0.456 e. The third-order valence-corrected chi connectivity index (χ3v) is 6.10. The van der Waals surface area contributed by atoms with Crippen molar-refractivity contribution in [3.8, 4) is 0 Å². The van der Waals surface area contributed by atoms with Crippen LogP contribution in [-0.4, -0.2) is 33.3 Å². The van der Waals surface area contributed by atoms with Crippen molar-refractivity contribution in [1.82, 2.24) is 4.72 Å². The van der Waals surface area contributed by atoms with E-state index in [-0.39, 0.29) is 10.7 Å². The summed E-state index contributed by atoms with van der Waals surface area (Å²) in [6.45, 7) is 8.38. The van der Waals surface area contributed by atoms with Crippen molar-refractivity contribution in [2.24, 2.45) is 0 Å². The molecule has 0 radical (unpaired) electrons. The summed E-state index contributed by atoms with van der Waals surface area (Å²) in [5, 5.41) is 0. The van der Waals surface area contributed by atoms with Gasteiger partial charge >= 0.3 is 5.97 Å². The third-order valence-electron chi connectivity index (χ3n) is 4.70. The van der Waals surface area contributed by atoms with E-state index < -0.39 is 29.1 Å². The lowest BCUT2D eigenvalue weighted by molar-refractivity contribution is -0.141. The molecule has 0 unspecified atom stereocenters. The van der Waals surface area contributed by atoms with Crippen molar-refractivity contribution < 1.29 is 22.7 Å². The summed E-state index contributed by atoms with van der Waals surface area (Å²) in [4.78, 5) is 24.3. The average Bonchev–Trinajstić information content (AvgIpc) is 2.63. The second-order valence-corrected chi connectivity index (χ2v) is 8.67. The summed E-state index contributed by atoms with van der Waals surface area (Å²) >= 11 is 0. The Bertz CT molecular complexity index is 1030. The van der Waals surface area contributed by atoms with Gasteiger partial charge < -0.3 is 4.74 Å². The lowest BCUT2D eigenvalue weighted by atomic mass is 9.98. The number of hydrogen-bond acceptors (Lipinski definition) is 5. The van der Waals surface area contributed by atoms with E-state index in [1.54, 1.807) is 12.1 Å². The monoisotopic (exact) mass is 403 g/mol. The molecule has 0 amide bonds. The van der Waals surface area contributed by atoms with Crippen LogP contribution in [0.4, 0.5) is 0 Å². The molecule has 6 nitrogen and oxygen atoms in total. The van der Waals surface area contributed by atoms with Gasteiger partial charge in [-0.2, -0.15) is 4.72 Å². The number of aryl methyl sites for hydroxylation is 5. The minimum atomic E-state index is -3.84. The van der Waals surface area contributed by atoms with Crippen LogP contribution < -0.4 is 4.72 Å². The number of hydrogen-bond donors (Lipinski definition) is 1. The molecule has 2 rings (SSSR count). The minimum absolute atomic E-state index is 0.0743. The van der Waals surface area contributed by atoms with Gasteiger partial charge in [-0.1, -0.05) is 12.1 Å². The van der Waals surface area contributed by atoms with Gasteiger partial charge in [0.15, 0.2) is 6.61 Å². The molecule has 0 saturated heterocycles. The first-order valence-electron chi connectivity index (χ1n) is 8.85. The molecule has 0 saturated carbocycles. The van der Waals surface area contributed by atoms with Gasteiger partial charge in [-0.3, -0.25) is 9.59 Å². The molecule has 0 aliphatic carbocycles. The highest BCUT2D eigenvalue weighted by Gasteiger charge is 2.18. The molecule has 0 fully saturated rings. The topological polar surface area (TPSA) is 89.5 Å². The number of carbonyl (C=O) groups is 2. The molecule has 0 atom stereocenters. The Balaban J connectivity index is 1.94. The van der Waals surface area contributed by atoms with E-state index in [0.717, 1.165) is 27.8 Å². The van der Waals surface area contributed by atoms with Crippen LogP contribution in [0.5, 0.6) is 0 Å². The SMILES string of the molecule is Cc1ccc(S(=O)(=O)NCC(=O)OCC(=O)c2cc(C)c(C)cc2C)cc1C. The van der Waals surface area contributed by atoms with Gasteiger partial charge in [0.2, 0.25) is 15.8 Å². The van der Waals surface area contributed by atoms with E-state index in [1.807, 2.05) is 40.7 Å². The largest absolute Gasteiger partial charge is 0.456 e. The van der Waals surface area contributed by atoms with Crippen LogP contribution in [0.25, 0.3) is 0 Å². The van der Waals surface area contributed by atoms with Crippen LogP contribution in [0.2, 0.25) is 0 Å². The van der Waals surface area contributed by atoms with Crippen LogP contribution in [0, 0.1) is 34.6 Å². The molecule has 2 aromatic carbocycles. The molecule has 28 heavy (non-hydrogen) atoms. The lowest BCUT2D eigenvalue weighted by Crippen LogP contribution is -2.31. The molecule has 0 spiro atoms. The molecular formula is C21H25NO5S. The maximum absolute atomic E-state index is 12.3. The number of esters is 1. The second-order valence-electron chi connectivity index (χ2n) is 6.91. The summed E-state index contributed by atoms with van der Waals surface area (Å²) < 4.78 is 31.7. The summed E-state index contributed by atoms with van der Waals surface area (Å²) in [6.07, 6.45) is 0. The lowest BCUT2D eigenvalue weighted by Gasteiger charge is -2.10. The molecule has 0 heterocycles. The van der Waals surface area contributed by atoms with Gasteiger partial charge in [-0.15, -0.1) is 0 Å². The number of ether oxygens (including phenoxy) is 1. The highest BCUT2D eigenvalue weighted by molar-refractivity contribution is 7.89. The maximum Gasteiger partial charge on any atom is 0.321 e. The zero-order valence-electron chi connectivity index (χ0n) is 16.8.